The minimum atomic E-state index is -4.98. The molecule has 1 aromatic carbocycles. The van der Waals surface area contributed by atoms with E-state index in [0.29, 0.717) is 0 Å². The molecule has 0 aliphatic carbocycles. The summed E-state index contributed by atoms with van der Waals surface area (Å²) < 4.78 is 49.3. The Labute approximate surface area is 83.7 Å². The van der Waals surface area contributed by atoms with Crippen LogP contribution in [0, 0.1) is 0 Å². The SMILES string of the molecule is CC(=O)c1ccccc1C(F)C(F)(F)F. The van der Waals surface area contributed by atoms with E-state index >= 15 is 0 Å². The molecule has 0 aromatic heterocycles. The number of alkyl halides is 4. The van der Waals surface area contributed by atoms with Gasteiger partial charge in [0.25, 0.3) is 0 Å². The number of ketones is 1. The molecular formula is C10H8F4O. The van der Waals surface area contributed by atoms with Gasteiger partial charge in [0.15, 0.2) is 5.78 Å². The summed E-state index contributed by atoms with van der Waals surface area (Å²) in [7, 11) is 0. The Balaban J connectivity index is 3.19. The van der Waals surface area contributed by atoms with Gasteiger partial charge in [-0.1, -0.05) is 24.3 Å². The number of rotatable bonds is 2. The zero-order chi connectivity index (χ0) is 11.6. The van der Waals surface area contributed by atoms with Gasteiger partial charge < -0.3 is 0 Å². The summed E-state index contributed by atoms with van der Waals surface area (Å²) in [6, 6.07) is 4.80. The van der Waals surface area contributed by atoms with Gasteiger partial charge >= 0.3 is 6.18 Å². The summed E-state index contributed by atoms with van der Waals surface area (Å²) in [6.45, 7) is 1.10. The van der Waals surface area contributed by atoms with E-state index in [9.17, 15) is 22.4 Å². The van der Waals surface area contributed by atoms with Crippen molar-refractivity contribution in [3.63, 3.8) is 0 Å². The maximum Gasteiger partial charge on any atom is 0.423 e. The largest absolute Gasteiger partial charge is 0.423 e. The molecular weight excluding hydrogens is 212 g/mol. The third-order valence-corrected chi connectivity index (χ3v) is 1.90. The third-order valence-electron chi connectivity index (χ3n) is 1.90. The van der Waals surface area contributed by atoms with Crippen LogP contribution in [-0.4, -0.2) is 12.0 Å². The van der Waals surface area contributed by atoms with Crippen LogP contribution in [-0.2, 0) is 0 Å². The number of benzene rings is 1. The van der Waals surface area contributed by atoms with Crippen LogP contribution in [0.5, 0.6) is 0 Å². The Morgan fingerprint density at radius 2 is 1.80 bits per heavy atom. The second-order valence-electron chi connectivity index (χ2n) is 3.05. The minimum absolute atomic E-state index is 0.234. The highest BCUT2D eigenvalue weighted by Crippen LogP contribution is 2.37. The van der Waals surface area contributed by atoms with Crippen LogP contribution in [0.1, 0.15) is 29.0 Å². The van der Waals surface area contributed by atoms with Gasteiger partial charge in [-0.2, -0.15) is 13.2 Å². The van der Waals surface area contributed by atoms with Crippen molar-refractivity contribution in [1.82, 2.24) is 0 Å². The Morgan fingerprint density at radius 1 is 1.27 bits per heavy atom. The normalized spacial score (nSPS) is 13.7. The van der Waals surface area contributed by atoms with Gasteiger partial charge in [-0.15, -0.1) is 0 Å². The monoisotopic (exact) mass is 220 g/mol. The molecule has 82 valence electrons. The average Bonchev–Trinajstić information content (AvgIpc) is 2.15. The lowest BCUT2D eigenvalue weighted by atomic mass is 10.0. The van der Waals surface area contributed by atoms with E-state index in [1.807, 2.05) is 0 Å². The van der Waals surface area contributed by atoms with Crippen LogP contribution in [0.4, 0.5) is 17.6 Å². The molecule has 0 spiro atoms. The van der Waals surface area contributed by atoms with Gasteiger partial charge in [0.05, 0.1) is 0 Å². The van der Waals surface area contributed by atoms with Crippen molar-refractivity contribution < 1.29 is 22.4 Å². The van der Waals surface area contributed by atoms with Gasteiger partial charge in [0, 0.05) is 11.1 Å². The molecule has 0 aliphatic heterocycles. The Bertz CT molecular complexity index is 370. The number of carbonyl (C=O) groups is 1. The van der Waals surface area contributed by atoms with E-state index in [1.165, 1.54) is 18.2 Å². The van der Waals surface area contributed by atoms with Crippen molar-refractivity contribution in [3.8, 4) is 0 Å². The molecule has 0 heterocycles. The van der Waals surface area contributed by atoms with Gasteiger partial charge in [-0.05, 0) is 6.92 Å². The van der Waals surface area contributed by atoms with E-state index < -0.39 is 23.7 Å². The van der Waals surface area contributed by atoms with E-state index in [0.717, 1.165) is 13.0 Å². The van der Waals surface area contributed by atoms with E-state index in [4.69, 9.17) is 0 Å². The zero-order valence-corrected chi connectivity index (χ0v) is 7.81. The number of hydrogen-bond acceptors (Lipinski definition) is 1. The van der Waals surface area contributed by atoms with E-state index in [1.54, 1.807) is 0 Å². The minimum Gasteiger partial charge on any atom is -0.294 e. The van der Waals surface area contributed by atoms with Gasteiger partial charge in [0.2, 0.25) is 6.17 Å². The van der Waals surface area contributed by atoms with Crippen LogP contribution in [0.3, 0.4) is 0 Å². The third kappa shape index (κ3) is 2.55. The van der Waals surface area contributed by atoms with Crippen molar-refractivity contribution in [2.24, 2.45) is 0 Å². The van der Waals surface area contributed by atoms with Crippen molar-refractivity contribution in [3.05, 3.63) is 35.4 Å². The van der Waals surface area contributed by atoms with Crippen molar-refractivity contribution >= 4 is 5.78 Å². The molecule has 0 saturated carbocycles. The van der Waals surface area contributed by atoms with Gasteiger partial charge in [-0.25, -0.2) is 4.39 Å². The molecule has 0 aliphatic rings. The van der Waals surface area contributed by atoms with E-state index in [2.05, 4.69) is 0 Å². The van der Waals surface area contributed by atoms with Crippen molar-refractivity contribution in [2.45, 2.75) is 19.3 Å². The Hall–Kier alpha value is -1.39. The first kappa shape index (κ1) is 11.7. The summed E-state index contributed by atoms with van der Waals surface area (Å²) in [4.78, 5) is 11.0. The van der Waals surface area contributed by atoms with Gasteiger partial charge in [0.1, 0.15) is 0 Å². The highest BCUT2D eigenvalue weighted by Gasteiger charge is 2.42. The summed E-state index contributed by atoms with van der Waals surface area (Å²) in [5.41, 5.74) is -0.861. The smallest absolute Gasteiger partial charge is 0.294 e. The molecule has 0 amide bonds. The molecule has 1 rings (SSSR count). The summed E-state index contributed by atoms with van der Waals surface area (Å²) in [5.74, 6) is -0.586. The maximum absolute atomic E-state index is 13.0. The first-order valence-corrected chi connectivity index (χ1v) is 4.14. The molecule has 0 bridgehead atoms. The first-order valence-electron chi connectivity index (χ1n) is 4.14. The molecule has 1 nitrogen and oxygen atoms in total. The fourth-order valence-electron chi connectivity index (χ4n) is 1.21. The molecule has 1 aromatic rings. The predicted octanol–water partition coefficient (Wildman–Crippen LogP) is 3.46. The lowest BCUT2D eigenvalue weighted by Gasteiger charge is -2.14. The van der Waals surface area contributed by atoms with Crippen LogP contribution in [0.2, 0.25) is 0 Å². The molecule has 1 atom stereocenters. The second kappa shape index (κ2) is 4.00. The highest BCUT2D eigenvalue weighted by atomic mass is 19.4. The first-order chi connectivity index (χ1) is 6.84. The summed E-state index contributed by atoms with van der Waals surface area (Å²) >= 11 is 0. The molecule has 5 heteroatoms. The van der Waals surface area contributed by atoms with Crippen molar-refractivity contribution in [2.75, 3.05) is 0 Å². The lowest BCUT2D eigenvalue weighted by Crippen LogP contribution is -2.18. The second-order valence-corrected chi connectivity index (χ2v) is 3.05. The van der Waals surface area contributed by atoms with E-state index in [-0.39, 0.29) is 5.56 Å². The molecule has 0 radical (unpaired) electrons. The molecule has 1 unspecified atom stereocenters. The topological polar surface area (TPSA) is 17.1 Å². The molecule has 15 heavy (non-hydrogen) atoms. The average molecular weight is 220 g/mol. The number of carbonyl (C=O) groups excluding carboxylic acids is 1. The fourth-order valence-corrected chi connectivity index (χ4v) is 1.21. The predicted molar refractivity (Wildman–Crippen MR) is 46.4 cm³/mol. The van der Waals surface area contributed by atoms with Crippen LogP contribution >= 0.6 is 0 Å². The Morgan fingerprint density at radius 3 is 2.27 bits per heavy atom. The maximum atomic E-state index is 13.0. The number of Topliss-reactive ketones (excluding diaryl/α,β-unsaturated/α-hetero) is 1. The molecule has 0 N–H and O–H groups in total. The Kier molecular flexibility index (Phi) is 3.12. The lowest BCUT2D eigenvalue weighted by molar-refractivity contribution is -0.182. The number of hydrogen-bond donors (Lipinski definition) is 0. The summed E-state index contributed by atoms with van der Waals surface area (Å²) in [5, 5.41) is 0. The highest BCUT2D eigenvalue weighted by molar-refractivity contribution is 5.95. The molecule has 0 saturated heterocycles. The number of halogens is 4. The summed E-state index contributed by atoms with van der Waals surface area (Å²) in [6.07, 6.45) is -8.09. The van der Waals surface area contributed by atoms with Crippen molar-refractivity contribution in [1.29, 1.82) is 0 Å². The fraction of sp³-hybridized carbons (Fsp3) is 0.300. The van der Waals surface area contributed by atoms with Crippen LogP contribution in [0.15, 0.2) is 24.3 Å². The standard InChI is InChI=1S/C10H8F4O/c1-6(15)7-4-2-3-5-8(7)9(11)10(12,13)14/h2-5,9H,1H3. The zero-order valence-electron chi connectivity index (χ0n) is 7.81. The van der Waals surface area contributed by atoms with Crippen LogP contribution in [0.25, 0.3) is 0 Å². The van der Waals surface area contributed by atoms with Crippen LogP contribution < -0.4 is 0 Å². The molecule has 0 fully saturated rings. The quantitative estimate of drug-likeness (QED) is 0.551. The van der Waals surface area contributed by atoms with Gasteiger partial charge in [-0.3, -0.25) is 4.79 Å².